The second-order valence-electron chi connectivity index (χ2n) is 8.46. The van der Waals surface area contributed by atoms with E-state index in [-0.39, 0.29) is 23.9 Å². The van der Waals surface area contributed by atoms with E-state index in [1.807, 2.05) is 16.7 Å². The van der Waals surface area contributed by atoms with Gasteiger partial charge in [-0.1, -0.05) is 30.3 Å². The van der Waals surface area contributed by atoms with E-state index in [1.165, 1.54) is 5.56 Å². The second-order valence-corrected chi connectivity index (χ2v) is 8.46. The first-order chi connectivity index (χ1) is 13.1. The topological polar surface area (TPSA) is 43.9 Å². The van der Waals surface area contributed by atoms with Gasteiger partial charge in [-0.2, -0.15) is 0 Å². The Hall–Kier alpha value is -1.88. The van der Waals surface area contributed by atoms with Crippen LogP contribution in [0.2, 0.25) is 0 Å². The summed E-state index contributed by atoms with van der Waals surface area (Å²) in [5.41, 5.74) is 1.36. The van der Waals surface area contributed by atoms with Crippen LogP contribution in [-0.2, 0) is 16.1 Å². The smallest absolute Gasteiger partial charge is 0.245 e. The van der Waals surface area contributed by atoms with E-state index in [0.29, 0.717) is 12.3 Å². The monoisotopic (exact) mass is 369 g/mol. The van der Waals surface area contributed by atoms with Crippen LogP contribution < -0.4 is 0 Å². The molecule has 0 spiro atoms. The maximum atomic E-state index is 12.9. The molecule has 3 aliphatic rings. The minimum absolute atomic E-state index is 0.148. The summed E-state index contributed by atoms with van der Waals surface area (Å²) >= 11 is 0. The van der Waals surface area contributed by atoms with Crippen LogP contribution in [0.5, 0.6) is 0 Å². The van der Waals surface area contributed by atoms with E-state index in [9.17, 15) is 9.59 Å². The van der Waals surface area contributed by atoms with Gasteiger partial charge >= 0.3 is 0 Å². The first-order valence-electron chi connectivity index (χ1n) is 10.5. The minimum Gasteiger partial charge on any atom is -0.336 e. The molecular formula is C22H31N3O2. The third-order valence-electron chi connectivity index (χ3n) is 6.63. The van der Waals surface area contributed by atoms with E-state index < -0.39 is 0 Å². The number of benzene rings is 1. The highest BCUT2D eigenvalue weighted by Gasteiger charge is 2.42. The highest BCUT2D eigenvalue weighted by atomic mass is 16.2. The molecule has 5 heteroatoms. The van der Waals surface area contributed by atoms with Gasteiger partial charge in [0.05, 0.1) is 0 Å². The molecule has 3 saturated heterocycles. The van der Waals surface area contributed by atoms with E-state index in [2.05, 4.69) is 35.2 Å². The SMILES string of the molecule is C[C@H]1C(=O)N2CCC[C@@H]2CN1C(=O)CC1CCN(Cc2ccccc2)CC1. The largest absolute Gasteiger partial charge is 0.336 e. The van der Waals surface area contributed by atoms with Crippen molar-refractivity contribution in [3.63, 3.8) is 0 Å². The van der Waals surface area contributed by atoms with E-state index in [4.69, 9.17) is 0 Å². The predicted molar refractivity (Wildman–Crippen MR) is 105 cm³/mol. The lowest BCUT2D eigenvalue weighted by molar-refractivity contribution is -0.153. The third kappa shape index (κ3) is 4.03. The number of nitrogens with zero attached hydrogens (tertiary/aromatic N) is 3. The quantitative estimate of drug-likeness (QED) is 0.819. The van der Waals surface area contributed by atoms with Crippen LogP contribution in [0.1, 0.15) is 44.6 Å². The Morgan fingerprint density at radius 1 is 1.07 bits per heavy atom. The highest BCUT2D eigenvalue weighted by molar-refractivity contribution is 5.89. The van der Waals surface area contributed by atoms with Crippen molar-refractivity contribution in [1.82, 2.24) is 14.7 Å². The molecule has 3 aliphatic heterocycles. The zero-order valence-corrected chi connectivity index (χ0v) is 16.3. The van der Waals surface area contributed by atoms with Crippen LogP contribution >= 0.6 is 0 Å². The lowest BCUT2D eigenvalue weighted by atomic mass is 9.92. The highest BCUT2D eigenvalue weighted by Crippen LogP contribution is 2.28. The van der Waals surface area contributed by atoms with Gasteiger partial charge in [0.2, 0.25) is 11.8 Å². The van der Waals surface area contributed by atoms with Crippen LogP contribution in [-0.4, -0.2) is 64.8 Å². The average Bonchev–Trinajstić information content (AvgIpc) is 3.16. The fourth-order valence-corrected chi connectivity index (χ4v) is 4.95. The molecule has 3 heterocycles. The van der Waals surface area contributed by atoms with Crippen molar-refractivity contribution in [2.75, 3.05) is 26.2 Å². The number of fused-ring (bicyclic) bond motifs is 1. The predicted octanol–water partition coefficient (Wildman–Crippen LogP) is 2.51. The van der Waals surface area contributed by atoms with Crippen molar-refractivity contribution < 1.29 is 9.59 Å². The van der Waals surface area contributed by atoms with Crippen LogP contribution in [0.4, 0.5) is 0 Å². The van der Waals surface area contributed by atoms with Crippen LogP contribution in [0.25, 0.3) is 0 Å². The first kappa shape index (κ1) is 18.5. The summed E-state index contributed by atoms with van der Waals surface area (Å²) in [7, 11) is 0. The molecule has 0 aliphatic carbocycles. The van der Waals surface area contributed by atoms with Gasteiger partial charge in [-0.3, -0.25) is 14.5 Å². The summed E-state index contributed by atoms with van der Waals surface area (Å²) in [6.07, 6.45) is 4.86. The van der Waals surface area contributed by atoms with Gasteiger partial charge in [0.1, 0.15) is 6.04 Å². The summed E-state index contributed by atoms with van der Waals surface area (Å²) in [4.78, 5) is 31.8. The van der Waals surface area contributed by atoms with Gasteiger partial charge in [0, 0.05) is 32.1 Å². The third-order valence-corrected chi connectivity index (χ3v) is 6.63. The summed E-state index contributed by atoms with van der Waals surface area (Å²) in [6, 6.07) is 10.6. The molecule has 2 amide bonds. The maximum Gasteiger partial charge on any atom is 0.245 e. The van der Waals surface area contributed by atoms with Crippen molar-refractivity contribution in [3.8, 4) is 0 Å². The molecule has 1 aromatic carbocycles. The molecule has 3 fully saturated rings. The van der Waals surface area contributed by atoms with Crippen LogP contribution in [0.3, 0.4) is 0 Å². The standard InChI is InChI=1S/C22H31N3O2/c1-17-22(27)24-11-5-8-20(24)16-25(17)21(26)14-18-9-12-23(13-10-18)15-19-6-3-2-4-7-19/h2-4,6-7,17-18,20H,5,8-16H2,1H3/t17-,20+/m0/s1. The average molecular weight is 370 g/mol. The Balaban J connectivity index is 1.27. The first-order valence-corrected chi connectivity index (χ1v) is 10.5. The van der Waals surface area contributed by atoms with Crippen LogP contribution in [0.15, 0.2) is 30.3 Å². The fraction of sp³-hybridized carbons (Fsp3) is 0.636. The number of amides is 2. The molecule has 4 rings (SSSR count). The van der Waals surface area contributed by atoms with Crippen LogP contribution in [0, 0.1) is 5.92 Å². The molecule has 2 atom stereocenters. The van der Waals surface area contributed by atoms with E-state index in [1.54, 1.807) is 0 Å². The molecule has 0 saturated carbocycles. The Bertz CT molecular complexity index is 669. The van der Waals surface area contributed by atoms with E-state index >= 15 is 0 Å². The number of hydrogen-bond acceptors (Lipinski definition) is 3. The molecule has 0 radical (unpaired) electrons. The Labute approximate surface area is 162 Å². The van der Waals surface area contributed by atoms with Gasteiger partial charge in [-0.25, -0.2) is 0 Å². The van der Waals surface area contributed by atoms with Gasteiger partial charge < -0.3 is 9.80 Å². The normalized spacial score (nSPS) is 27.1. The van der Waals surface area contributed by atoms with Gasteiger partial charge in [-0.05, 0) is 57.2 Å². The van der Waals surface area contributed by atoms with Crippen molar-refractivity contribution in [1.29, 1.82) is 0 Å². The lowest BCUT2D eigenvalue weighted by Crippen LogP contribution is -2.60. The van der Waals surface area contributed by atoms with Crippen molar-refractivity contribution in [2.45, 2.75) is 57.7 Å². The van der Waals surface area contributed by atoms with E-state index in [0.717, 1.165) is 58.4 Å². The maximum absolute atomic E-state index is 12.9. The number of hydrogen-bond donors (Lipinski definition) is 0. The zero-order chi connectivity index (χ0) is 18.8. The van der Waals surface area contributed by atoms with Crippen molar-refractivity contribution in [3.05, 3.63) is 35.9 Å². The summed E-state index contributed by atoms with van der Waals surface area (Å²) in [5, 5.41) is 0. The molecule has 0 N–H and O–H groups in total. The number of rotatable bonds is 4. The van der Waals surface area contributed by atoms with Gasteiger partial charge in [0.15, 0.2) is 0 Å². The zero-order valence-electron chi connectivity index (χ0n) is 16.3. The molecule has 1 aromatic rings. The van der Waals surface area contributed by atoms with Crippen molar-refractivity contribution in [2.24, 2.45) is 5.92 Å². The number of piperidine rings is 1. The second kappa shape index (κ2) is 8.01. The summed E-state index contributed by atoms with van der Waals surface area (Å²) < 4.78 is 0. The number of carbonyl (C=O) groups excluding carboxylic acids is 2. The van der Waals surface area contributed by atoms with Crippen molar-refractivity contribution >= 4 is 11.8 Å². The summed E-state index contributed by atoms with van der Waals surface area (Å²) in [5.74, 6) is 0.784. The lowest BCUT2D eigenvalue weighted by Gasteiger charge is -2.42. The number of likely N-dealkylation sites (tertiary alicyclic amines) is 1. The number of piperazine rings is 1. The summed E-state index contributed by atoms with van der Waals surface area (Å²) in [6.45, 7) is 6.61. The molecule has 27 heavy (non-hydrogen) atoms. The van der Waals surface area contributed by atoms with Gasteiger partial charge in [-0.15, -0.1) is 0 Å². The van der Waals surface area contributed by atoms with Gasteiger partial charge in [0.25, 0.3) is 0 Å². The Morgan fingerprint density at radius 2 is 1.81 bits per heavy atom. The Morgan fingerprint density at radius 3 is 2.56 bits per heavy atom. The molecule has 0 aromatic heterocycles. The Kier molecular flexibility index (Phi) is 5.48. The number of carbonyl (C=O) groups is 2. The minimum atomic E-state index is -0.287. The molecule has 146 valence electrons. The molecule has 0 unspecified atom stereocenters. The molecule has 0 bridgehead atoms. The molecular weight excluding hydrogens is 338 g/mol. The fourth-order valence-electron chi connectivity index (χ4n) is 4.95. The molecule has 5 nitrogen and oxygen atoms in total.